The molecule has 0 bridgehead atoms. The smallest absolute Gasteiger partial charge is 0.339 e. The first-order chi connectivity index (χ1) is 15.7. The maximum Gasteiger partial charge on any atom is 0.339 e. The van der Waals surface area contributed by atoms with Gasteiger partial charge in [0.05, 0.1) is 35.6 Å². The summed E-state index contributed by atoms with van der Waals surface area (Å²) in [7, 11) is 0. The average molecular weight is 450 g/mol. The minimum absolute atomic E-state index is 0.0348. The number of ether oxygens (including phenoxy) is 1. The Kier molecular flexibility index (Phi) is 6.04. The van der Waals surface area contributed by atoms with E-state index in [9.17, 15) is 9.59 Å². The molecule has 0 spiro atoms. The molecule has 0 radical (unpaired) electrons. The minimum atomic E-state index is -1.00. The molecule has 0 aliphatic rings. The molecule has 1 unspecified atom stereocenters. The Morgan fingerprint density at radius 1 is 1.21 bits per heavy atom. The van der Waals surface area contributed by atoms with E-state index in [1.54, 1.807) is 29.1 Å². The number of rotatable bonds is 7. The zero-order chi connectivity index (χ0) is 23.7. The molecule has 4 rings (SSSR count). The Labute approximate surface area is 190 Å². The molecule has 33 heavy (non-hydrogen) atoms. The molecule has 9 heteroatoms. The van der Waals surface area contributed by atoms with Gasteiger partial charge in [-0.3, -0.25) is 4.79 Å². The molecule has 1 N–H and O–H groups in total. The highest BCUT2D eigenvalue weighted by atomic mass is 16.5. The largest absolute Gasteiger partial charge is 0.467 e. The Balaban J connectivity index is 1.64. The summed E-state index contributed by atoms with van der Waals surface area (Å²) >= 11 is 0. The average Bonchev–Trinajstić information content (AvgIpc) is 3.50. The second-order valence-electron chi connectivity index (χ2n) is 8.15. The molecule has 0 aliphatic carbocycles. The summed E-state index contributed by atoms with van der Waals surface area (Å²) < 4.78 is 18.1. The van der Waals surface area contributed by atoms with Crippen LogP contribution in [0.5, 0.6) is 0 Å². The van der Waals surface area contributed by atoms with Crippen LogP contribution >= 0.6 is 0 Å². The SMILES string of the molecule is Cc1cc(-c2cc(C(=O)OC(C)C(=O)NCc3ccco3)c3cnn(C(C)C)c3n2)c(C)o1. The molecule has 0 aliphatic heterocycles. The van der Waals surface area contributed by atoms with Crippen LogP contribution in [-0.2, 0) is 16.1 Å². The van der Waals surface area contributed by atoms with E-state index < -0.39 is 18.0 Å². The van der Waals surface area contributed by atoms with Crippen LogP contribution in [0.25, 0.3) is 22.3 Å². The summed E-state index contributed by atoms with van der Waals surface area (Å²) in [6.45, 7) is 9.39. The number of nitrogens with zero attached hydrogens (tertiary/aromatic N) is 3. The topological polar surface area (TPSA) is 112 Å². The predicted molar refractivity (Wildman–Crippen MR) is 121 cm³/mol. The summed E-state index contributed by atoms with van der Waals surface area (Å²) in [6, 6.07) is 7.05. The normalized spacial score (nSPS) is 12.3. The summed E-state index contributed by atoms with van der Waals surface area (Å²) in [5.41, 5.74) is 2.19. The number of aryl methyl sites for hydroxylation is 2. The van der Waals surface area contributed by atoms with Crippen LogP contribution in [0.15, 0.2) is 45.6 Å². The number of hydrogen-bond donors (Lipinski definition) is 1. The summed E-state index contributed by atoms with van der Waals surface area (Å²) in [5.74, 6) is 0.983. The van der Waals surface area contributed by atoms with Crippen LogP contribution in [-0.4, -0.2) is 32.7 Å². The second-order valence-corrected chi connectivity index (χ2v) is 8.15. The fourth-order valence-electron chi connectivity index (χ4n) is 3.60. The van der Waals surface area contributed by atoms with Gasteiger partial charge in [0.25, 0.3) is 5.91 Å². The fraction of sp³-hybridized carbons (Fsp3) is 0.333. The molecule has 1 amide bonds. The van der Waals surface area contributed by atoms with Gasteiger partial charge in [0.2, 0.25) is 0 Å². The van der Waals surface area contributed by atoms with E-state index in [0.29, 0.717) is 28.2 Å². The zero-order valence-corrected chi connectivity index (χ0v) is 19.2. The van der Waals surface area contributed by atoms with Crippen LogP contribution < -0.4 is 5.32 Å². The van der Waals surface area contributed by atoms with E-state index >= 15 is 0 Å². The molecule has 0 aromatic carbocycles. The van der Waals surface area contributed by atoms with Crippen molar-refractivity contribution in [1.29, 1.82) is 0 Å². The molecular weight excluding hydrogens is 424 g/mol. The number of fused-ring (bicyclic) bond motifs is 1. The number of furan rings is 2. The van der Waals surface area contributed by atoms with Crippen molar-refractivity contribution in [1.82, 2.24) is 20.1 Å². The van der Waals surface area contributed by atoms with Crippen molar-refractivity contribution < 1.29 is 23.2 Å². The van der Waals surface area contributed by atoms with Crippen molar-refractivity contribution in [2.24, 2.45) is 0 Å². The van der Waals surface area contributed by atoms with Gasteiger partial charge in [-0.25, -0.2) is 14.5 Å². The van der Waals surface area contributed by atoms with Crippen molar-refractivity contribution >= 4 is 22.9 Å². The first-order valence-corrected chi connectivity index (χ1v) is 10.7. The summed E-state index contributed by atoms with van der Waals surface area (Å²) in [4.78, 5) is 30.3. The first-order valence-electron chi connectivity index (χ1n) is 10.7. The lowest BCUT2D eigenvalue weighted by atomic mass is 10.1. The summed E-state index contributed by atoms with van der Waals surface area (Å²) in [6.07, 6.45) is 2.12. The van der Waals surface area contributed by atoms with Crippen molar-refractivity contribution in [2.45, 2.75) is 53.3 Å². The van der Waals surface area contributed by atoms with Gasteiger partial charge in [-0.15, -0.1) is 0 Å². The van der Waals surface area contributed by atoms with Gasteiger partial charge in [0, 0.05) is 11.6 Å². The Bertz CT molecular complexity index is 1300. The molecule has 4 aromatic heterocycles. The lowest BCUT2D eigenvalue weighted by Gasteiger charge is -2.14. The number of aromatic nitrogens is 3. The second kappa shape index (κ2) is 8.93. The predicted octanol–water partition coefficient (Wildman–Crippen LogP) is 4.34. The maximum atomic E-state index is 13.2. The fourth-order valence-corrected chi connectivity index (χ4v) is 3.60. The van der Waals surface area contributed by atoms with E-state index in [0.717, 1.165) is 11.3 Å². The van der Waals surface area contributed by atoms with Crippen LogP contribution in [0, 0.1) is 13.8 Å². The van der Waals surface area contributed by atoms with E-state index in [1.165, 1.54) is 13.2 Å². The highest BCUT2D eigenvalue weighted by Crippen LogP contribution is 2.30. The first kappa shape index (κ1) is 22.3. The number of carbonyl (C=O) groups excluding carboxylic acids is 2. The minimum Gasteiger partial charge on any atom is -0.467 e. The maximum absolute atomic E-state index is 13.2. The van der Waals surface area contributed by atoms with Crippen LogP contribution in [0.3, 0.4) is 0 Å². The number of esters is 1. The third-order valence-electron chi connectivity index (χ3n) is 5.26. The van der Waals surface area contributed by atoms with Gasteiger partial charge in [0.1, 0.15) is 17.3 Å². The monoisotopic (exact) mass is 450 g/mol. The lowest BCUT2D eigenvalue weighted by molar-refractivity contribution is -0.129. The molecule has 9 nitrogen and oxygen atoms in total. The zero-order valence-electron chi connectivity index (χ0n) is 19.2. The summed E-state index contributed by atoms with van der Waals surface area (Å²) in [5, 5.41) is 7.65. The van der Waals surface area contributed by atoms with Crippen LogP contribution in [0.4, 0.5) is 0 Å². The molecule has 1 atom stereocenters. The number of carbonyl (C=O) groups is 2. The van der Waals surface area contributed by atoms with Crippen molar-refractivity contribution in [3.8, 4) is 11.3 Å². The lowest BCUT2D eigenvalue weighted by Crippen LogP contribution is -2.35. The Morgan fingerprint density at radius 2 is 2.00 bits per heavy atom. The Hall–Kier alpha value is -3.88. The van der Waals surface area contributed by atoms with Crippen LogP contribution in [0.1, 0.15) is 54.5 Å². The standard InChI is InChI=1S/C24H26N4O5/c1-13(2)28-22-20(12-26-28)19(10-21(27-22)18-9-14(3)32-15(18)4)24(30)33-16(5)23(29)25-11-17-7-6-8-31-17/h6-10,12-13,16H,11H2,1-5H3,(H,25,29). The molecule has 0 saturated heterocycles. The van der Waals surface area contributed by atoms with Gasteiger partial charge in [-0.05, 0) is 58.9 Å². The van der Waals surface area contributed by atoms with E-state index in [4.69, 9.17) is 18.6 Å². The quantitative estimate of drug-likeness (QED) is 0.417. The molecule has 4 heterocycles. The number of pyridine rings is 1. The van der Waals surface area contributed by atoms with Crippen molar-refractivity contribution in [2.75, 3.05) is 0 Å². The van der Waals surface area contributed by atoms with Gasteiger partial charge in [-0.1, -0.05) is 0 Å². The number of nitrogens with one attached hydrogen (secondary N) is 1. The molecule has 172 valence electrons. The van der Waals surface area contributed by atoms with Crippen molar-refractivity contribution in [3.05, 3.63) is 59.6 Å². The highest BCUT2D eigenvalue weighted by molar-refractivity contribution is 6.04. The van der Waals surface area contributed by atoms with Gasteiger partial charge < -0.3 is 18.9 Å². The number of hydrogen-bond acceptors (Lipinski definition) is 7. The number of amides is 1. The molecule has 0 fully saturated rings. The van der Waals surface area contributed by atoms with E-state index in [-0.39, 0.29) is 18.2 Å². The molecule has 4 aromatic rings. The third-order valence-corrected chi connectivity index (χ3v) is 5.26. The highest BCUT2D eigenvalue weighted by Gasteiger charge is 2.24. The van der Waals surface area contributed by atoms with Gasteiger partial charge in [0.15, 0.2) is 11.8 Å². The molecule has 0 saturated carbocycles. The van der Waals surface area contributed by atoms with Gasteiger partial charge in [-0.2, -0.15) is 5.10 Å². The molecular formula is C24H26N4O5. The van der Waals surface area contributed by atoms with E-state index in [1.807, 2.05) is 33.8 Å². The van der Waals surface area contributed by atoms with Gasteiger partial charge >= 0.3 is 5.97 Å². The van der Waals surface area contributed by atoms with Crippen LogP contribution in [0.2, 0.25) is 0 Å². The van der Waals surface area contributed by atoms with Crippen molar-refractivity contribution in [3.63, 3.8) is 0 Å². The Morgan fingerprint density at radius 3 is 2.64 bits per heavy atom. The van der Waals surface area contributed by atoms with E-state index in [2.05, 4.69) is 10.4 Å². The third kappa shape index (κ3) is 4.52.